The van der Waals surface area contributed by atoms with E-state index in [0.717, 1.165) is 6.07 Å². The van der Waals surface area contributed by atoms with Crippen LogP contribution in [-0.2, 0) is 12.7 Å². The number of hydrogen-bond acceptors (Lipinski definition) is 1. The molecule has 0 aliphatic heterocycles. The topological polar surface area (TPSA) is 45.5 Å². The van der Waals surface area contributed by atoms with Gasteiger partial charge in [0.05, 0.1) is 6.54 Å². The molecule has 3 nitrogen and oxygen atoms in total. The van der Waals surface area contributed by atoms with E-state index in [0.29, 0.717) is 6.54 Å². The van der Waals surface area contributed by atoms with Crippen LogP contribution in [-0.4, -0.2) is 15.8 Å². The highest BCUT2D eigenvalue weighted by Crippen LogP contribution is 2.27. The van der Waals surface area contributed by atoms with Crippen molar-refractivity contribution in [2.24, 2.45) is 0 Å². The summed E-state index contributed by atoms with van der Waals surface area (Å²) < 4.78 is 37.4. The molecule has 74 valence electrons. The minimum atomic E-state index is -4.35. The van der Waals surface area contributed by atoms with Gasteiger partial charge in [-0.25, -0.2) is 0 Å². The van der Waals surface area contributed by atoms with Gasteiger partial charge in [0.25, 0.3) is 0 Å². The van der Waals surface area contributed by atoms with Crippen molar-refractivity contribution in [3.63, 3.8) is 0 Å². The van der Waals surface area contributed by atoms with Crippen LogP contribution in [0.1, 0.15) is 12.6 Å². The summed E-state index contributed by atoms with van der Waals surface area (Å²) in [7, 11) is 0. The summed E-state index contributed by atoms with van der Waals surface area (Å²) in [5, 5.41) is 3.37. The van der Waals surface area contributed by atoms with E-state index in [2.05, 4.69) is 10.8 Å². The first-order valence-electron chi connectivity index (χ1n) is 3.83. The average Bonchev–Trinajstić information content (AvgIpc) is 2.32. The first-order valence-corrected chi connectivity index (χ1v) is 3.83. The van der Waals surface area contributed by atoms with Gasteiger partial charge in [-0.1, -0.05) is 0 Å². The number of rotatable bonds is 2. The van der Waals surface area contributed by atoms with Crippen LogP contribution < -0.4 is 5.73 Å². The Kier molecular flexibility index (Phi) is 2.60. The number of alkyl halides is 3. The van der Waals surface area contributed by atoms with Crippen molar-refractivity contribution in [2.75, 3.05) is 0 Å². The molecule has 1 atom stereocenters. The van der Waals surface area contributed by atoms with E-state index in [9.17, 15) is 13.2 Å². The summed E-state index contributed by atoms with van der Waals surface area (Å²) in [6.45, 7) is 2.21. The van der Waals surface area contributed by atoms with E-state index in [1.807, 2.05) is 6.92 Å². The Bertz CT molecular complexity index is 277. The van der Waals surface area contributed by atoms with Gasteiger partial charge in [-0.15, -0.1) is 0 Å². The Hall–Kier alpha value is -1.04. The van der Waals surface area contributed by atoms with Gasteiger partial charge in [0.15, 0.2) is 5.69 Å². The van der Waals surface area contributed by atoms with Crippen LogP contribution in [0.2, 0.25) is 0 Å². The summed E-state index contributed by atoms with van der Waals surface area (Å²) in [6, 6.07) is 1.00. The molecular weight excluding hydrogens is 183 g/mol. The van der Waals surface area contributed by atoms with E-state index in [-0.39, 0.29) is 6.04 Å². The summed E-state index contributed by atoms with van der Waals surface area (Å²) in [6.07, 6.45) is -3.04. The SMILES string of the molecule is C[C@@H]([NH3+])Cn1ccc(C(F)(F)F)n1. The molecule has 1 heterocycles. The second-order valence-corrected chi connectivity index (χ2v) is 3.03. The predicted octanol–water partition coefficient (Wildman–Crippen LogP) is 0.532. The van der Waals surface area contributed by atoms with Gasteiger partial charge in [0.2, 0.25) is 0 Å². The molecule has 3 N–H and O–H groups in total. The molecule has 0 unspecified atom stereocenters. The van der Waals surface area contributed by atoms with Crippen LogP contribution in [0.5, 0.6) is 0 Å². The van der Waals surface area contributed by atoms with Gasteiger partial charge in [0.1, 0.15) is 6.04 Å². The van der Waals surface area contributed by atoms with Crippen molar-refractivity contribution in [3.8, 4) is 0 Å². The number of halogens is 3. The Balaban J connectivity index is 2.75. The molecule has 0 aliphatic carbocycles. The molecule has 0 amide bonds. The maximum atomic E-state index is 12.0. The summed E-state index contributed by atoms with van der Waals surface area (Å²) in [5.74, 6) is 0. The number of hydrogen-bond donors (Lipinski definition) is 1. The van der Waals surface area contributed by atoms with Crippen LogP contribution in [0.15, 0.2) is 12.3 Å². The van der Waals surface area contributed by atoms with Gasteiger partial charge in [0, 0.05) is 6.20 Å². The molecule has 1 aromatic rings. The van der Waals surface area contributed by atoms with Crippen molar-refractivity contribution >= 4 is 0 Å². The lowest BCUT2D eigenvalue weighted by atomic mass is 10.4. The van der Waals surface area contributed by atoms with Crippen LogP contribution in [0.25, 0.3) is 0 Å². The maximum Gasteiger partial charge on any atom is 0.435 e. The predicted molar refractivity (Wildman–Crippen MR) is 39.6 cm³/mol. The Labute approximate surface area is 73.3 Å². The minimum Gasteiger partial charge on any atom is -0.354 e. The minimum absolute atomic E-state index is 0.0426. The van der Waals surface area contributed by atoms with Crippen LogP contribution in [0, 0.1) is 0 Å². The third-order valence-corrected chi connectivity index (χ3v) is 1.43. The molecule has 6 heteroatoms. The van der Waals surface area contributed by atoms with E-state index in [1.54, 1.807) is 0 Å². The van der Waals surface area contributed by atoms with Gasteiger partial charge in [-0.3, -0.25) is 4.68 Å². The fourth-order valence-electron chi connectivity index (χ4n) is 0.934. The largest absolute Gasteiger partial charge is 0.435 e. The average molecular weight is 194 g/mol. The maximum absolute atomic E-state index is 12.0. The molecular formula is C7H11F3N3+. The molecule has 0 bridgehead atoms. The second kappa shape index (κ2) is 3.37. The first-order chi connectivity index (χ1) is 5.89. The van der Waals surface area contributed by atoms with E-state index < -0.39 is 11.9 Å². The Morgan fingerprint density at radius 1 is 1.62 bits per heavy atom. The Morgan fingerprint density at radius 2 is 2.23 bits per heavy atom. The van der Waals surface area contributed by atoms with E-state index in [1.165, 1.54) is 10.9 Å². The van der Waals surface area contributed by atoms with Gasteiger partial charge in [-0.2, -0.15) is 18.3 Å². The lowest BCUT2D eigenvalue weighted by Crippen LogP contribution is -2.60. The fraction of sp³-hybridized carbons (Fsp3) is 0.571. The third-order valence-electron chi connectivity index (χ3n) is 1.43. The fourth-order valence-corrected chi connectivity index (χ4v) is 0.934. The summed E-state index contributed by atoms with van der Waals surface area (Å²) in [4.78, 5) is 0. The van der Waals surface area contributed by atoms with Crippen molar-refractivity contribution in [3.05, 3.63) is 18.0 Å². The van der Waals surface area contributed by atoms with Crippen molar-refractivity contribution in [2.45, 2.75) is 25.7 Å². The smallest absolute Gasteiger partial charge is 0.354 e. The van der Waals surface area contributed by atoms with Crippen molar-refractivity contribution in [1.29, 1.82) is 0 Å². The molecule has 0 radical (unpaired) electrons. The van der Waals surface area contributed by atoms with Crippen LogP contribution in [0.4, 0.5) is 13.2 Å². The first kappa shape index (κ1) is 10.0. The zero-order valence-electron chi connectivity index (χ0n) is 7.17. The number of quaternary nitrogens is 1. The van der Waals surface area contributed by atoms with E-state index >= 15 is 0 Å². The third kappa shape index (κ3) is 2.73. The second-order valence-electron chi connectivity index (χ2n) is 3.03. The highest BCUT2D eigenvalue weighted by Gasteiger charge is 2.33. The van der Waals surface area contributed by atoms with Crippen LogP contribution >= 0.6 is 0 Å². The molecule has 0 spiro atoms. The van der Waals surface area contributed by atoms with E-state index in [4.69, 9.17) is 0 Å². The van der Waals surface area contributed by atoms with Crippen molar-refractivity contribution in [1.82, 2.24) is 9.78 Å². The standard InChI is InChI=1S/C7H10F3N3/c1-5(11)4-13-3-2-6(12-13)7(8,9)10/h2-3,5H,4,11H2,1H3/p+1/t5-/m1/s1. The molecule has 0 saturated carbocycles. The van der Waals surface area contributed by atoms with Gasteiger partial charge >= 0.3 is 6.18 Å². The molecule has 0 saturated heterocycles. The highest BCUT2D eigenvalue weighted by molar-refractivity contribution is 5.03. The molecule has 0 aliphatic rings. The molecule has 1 rings (SSSR count). The summed E-state index contributed by atoms with van der Waals surface area (Å²) >= 11 is 0. The normalized spacial score (nSPS) is 14.5. The van der Waals surface area contributed by atoms with Crippen molar-refractivity contribution < 1.29 is 18.9 Å². The zero-order chi connectivity index (χ0) is 10.1. The Morgan fingerprint density at radius 3 is 2.62 bits per heavy atom. The molecule has 0 aromatic carbocycles. The number of aromatic nitrogens is 2. The molecule has 13 heavy (non-hydrogen) atoms. The van der Waals surface area contributed by atoms with Crippen LogP contribution in [0.3, 0.4) is 0 Å². The lowest BCUT2D eigenvalue weighted by Gasteiger charge is -2.03. The lowest BCUT2D eigenvalue weighted by molar-refractivity contribution is -0.417. The molecule has 0 fully saturated rings. The quantitative estimate of drug-likeness (QED) is 0.733. The monoisotopic (exact) mass is 194 g/mol. The number of nitrogens with zero attached hydrogens (tertiary/aromatic N) is 2. The zero-order valence-corrected chi connectivity index (χ0v) is 7.17. The molecule has 1 aromatic heterocycles. The summed E-state index contributed by atoms with van der Waals surface area (Å²) in [5.41, 5.74) is 2.81. The van der Waals surface area contributed by atoms with Gasteiger partial charge < -0.3 is 5.73 Å². The highest BCUT2D eigenvalue weighted by atomic mass is 19.4. The van der Waals surface area contributed by atoms with Gasteiger partial charge in [-0.05, 0) is 13.0 Å².